The molecule has 0 radical (unpaired) electrons. The maximum absolute atomic E-state index is 8.74. The third-order valence-corrected chi connectivity index (χ3v) is 0. The van der Waals surface area contributed by atoms with Crippen molar-refractivity contribution >= 4 is 20.8 Å². The SMILES string of the molecule is O.O=S(=O)(O)O.O=S(=O)(O)O.OO.[H-].[Na+]. The van der Waals surface area contributed by atoms with E-state index in [4.69, 9.17) is 45.6 Å². The van der Waals surface area contributed by atoms with Crippen LogP contribution in [0.3, 0.4) is 0 Å². The van der Waals surface area contributed by atoms with Crippen LogP contribution in [0.15, 0.2) is 0 Å². The number of rotatable bonds is 0. The van der Waals surface area contributed by atoms with Crippen molar-refractivity contribution in [2.75, 3.05) is 0 Å². The summed E-state index contributed by atoms with van der Waals surface area (Å²) >= 11 is 0. The van der Waals surface area contributed by atoms with E-state index in [0.29, 0.717) is 0 Å². The van der Waals surface area contributed by atoms with Crippen LogP contribution in [0.5, 0.6) is 0 Å². The predicted molar refractivity (Wildman–Crippen MR) is 38.3 cm³/mol. The van der Waals surface area contributed by atoms with Crippen LogP contribution < -0.4 is 29.6 Å². The summed E-state index contributed by atoms with van der Waals surface area (Å²) in [5.74, 6) is 0. The molecule has 0 aliphatic carbocycles. The second-order valence-electron chi connectivity index (χ2n) is 0.896. The average Bonchev–Trinajstić information content (AvgIpc) is 1.59. The molecule has 14 heavy (non-hydrogen) atoms. The maximum atomic E-state index is 8.74. The van der Waals surface area contributed by atoms with Gasteiger partial charge < -0.3 is 6.90 Å². The summed E-state index contributed by atoms with van der Waals surface area (Å²) in [6.07, 6.45) is 0. The Balaban J connectivity index is -0.0000000197. The van der Waals surface area contributed by atoms with Gasteiger partial charge in [0.15, 0.2) is 0 Å². The van der Waals surface area contributed by atoms with E-state index >= 15 is 0 Å². The first kappa shape index (κ1) is 29.3. The minimum Gasteiger partial charge on any atom is -1.00 e. The van der Waals surface area contributed by atoms with Gasteiger partial charge in [-0.25, -0.2) is 0 Å². The van der Waals surface area contributed by atoms with Crippen LogP contribution >= 0.6 is 0 Å². The predicted octanol–water partition coefficient (Wildman–Crippen LogP) is -5.00. The average molecular weight is 272 g/mol. The quantitative estimate of drug-likeness (QED) is 0.106. The zero-order chi connectivity index (χ0) is 11.0. The van der Waals surface area contributed by atoms with Crippen LogP contribution in [0.4, 0.5) is 0 Å². The largest absolute Gasteiger partial charge is 1.00 e. The van der Waals surface area contributed by atoms with Crippen LogP contribution in [0.1, 0.15) is 1.43 Å². The summed E-state index contributed by atoms with van der Waals surface area (Å²) in [5, 5.41) is 12.0. The van der Waals surface area contributed by atoms with Gasteiger partial charge in [0.2, 0.25) is 0 Å². The molecule has 0 fully saturated rings. The van der Waals surface area contributed by atoms with Crippen molar-refractivity contribution in [3.8, 4) is 0 Å². The Morgan fingerprint density at radius 3 is 0.714 bits per heavy atom. The molecule has 0 saturated heterocycles. The molecule has 0 aromatic rings. The Kier molecular flexibility index (Phi) is 28.5. The molecule has 0 atom stereocenters. The molecule has 0 aromatic carbocycles. The van der Waals surface area contributed by atoms with Crippen molar-refractivity contribution in [3.05, 3.63) is 0 Å². The molecule has 14 heteroatoms. The molecule has 0 heterocycles. The van der Waals surface area contributed by atoms with Crippen molar-refractivity contribution in [2.24, 2.45) is 0 Å². The minimum absolute atomic E-state index is 0. The summed E-state index contributed by atoms with van der Waals surface area (Å²) in [7, 11) is -9.33. The number of hydrogen-bond acceptors (Lipinski definition) is 6. The summed E-state index contributed by atoms with van der Waals surface area (Å²) in [6, 6.07) is 0. The molecule has 0 aliphatic rings. The molecule has 0 aromatic heterocycles. The number of hydrogen-bond donors (Lipinski definition) is 6. The third-order valence-electron chi connectivity index (χ3n) is 0. The Morgan fingerprint density at radius 1 is 0.714 bits per heavy atom. The van der Waals surface area contributed by atoms with Gasteiger partial charge in [0.1, 0.15) is 0 Å². The van der Waals surface area contributed by atoms with E-state index in [1.165, 1.54) is 0 Å². The van der Waals surface area contributed by atoms with Gasteiger partial charge >= 0.3 is 50.4 Å². The van der Waals surface area contributed by atoms with Gasteiger partial charge in [0.05, 0.1) is 0 Å². The van der Waals surface area contributed by atoms with E-state index in [2.05, 4.69) is 0 Å². The van der Waals surface area contributed by atoms with Gasteiger partial charge in [-0.3, -0.25) is 28.7 Å². The third kappa shape index (κ3) is 4430. The van der Waals surface area contributed by atoms with Crippen molar-refractivity contribution < 1.29 is 82.0 Å². The van der Waals surface area contributed by atoms with Crippen molar-refractivity contribution in [1.82, 2.24) is 0 Å². The fourth-order valence-electron chi connectivity index (χ4n) is 0. The molecule has 11 nitrogen and oxygen atoms in total. The fourth-order valence-corrected chi connectivity index (χ4v) is 0. The normalized spacial score (nSPS) is 8.71. The van der Waals surface area contributed by atoms with Crippen molar-refractivity contribution in [2.45, 2.75) is 0 Å². The molecule has 8 N–H and O–H groups in total. The maximum Gasteiger partial charge on any atom is 1.00 e. The molecule has 88 valence electrons. The van der Waals surface area contributed by atoms with E-state index in [1.54, 1.807) is 0 Å². The van der Waals surface area contributed by atoms with Crippen molar-refractivity contribution in [1.29, 1.82) is 0 Å². The van der Waals surface area contributed by atoms with Crippen LogP contribution in [0.2, 0.25) is 0 Å². The Labute approximate surface area is 103 Å². The monoisotopic (exact) mass is 272 g/mol. The molecular formula is H9NaO11S2. The van der Waals surface area contributed by atoms with Crippen LogP contribution in [-0.4, -0.2) is 51.0 Å². The van der Waals surface area contributed by atoms with Crippen LogP contribution in [0, 0.1) is 0 Å². The molecule has 0 amide bonds. The van der Waals surface area contributed by atoms with Gasteiger partial charge in [-0.05, 0) is 0 Å². The van der Waals surface area contributed by atoms with Gasteiger partial charge in [-0.2, -0.15) is 16.8 Å². The van der Waals surface area contributed by atoms with Gasteiger partial charge in [-0.1, -0.05) is 0 Å². The summed E-state index contributed by atoms with van der Waals surface area (Å²) in [6.45, 7) is 0. The van der Waals surface area contributed by atoms with Crippen LogP contribution in [-0.2, 0) is 20.8 Å². The van der Waals surface area contributed by atoms with E-state index in [-0.39, 0.29) is 36.5 Å². The molecule has 0 saturated carbocycles. The molecule has 0 aliphatic heterocycles. The second-order valence-corrected chi connectivity index (χ2v) is 2.69. The first-order chi connectivity index (χ1) is 5.00. The van der Waals surface area contributed by atoms with Gasteiger partial charge in [0.25, 0.3) is 0 Å². The zero-order valence-electron chi connectivity index (χ0n) is 7.63. The fraction of sp³-hybridized carbons (Fsp3) is 0. The Hall–Kier alpha value is 0.620. The van der Waals surface area contributed by atoms with E-state index in [0.717, 1.165) is 0 Å². The molecular weight excluding hydrogens is 263 g/mol. The summed E-state index contributed by atoms with van der Waals surface area (Å²) in [5.41, 5.74) is 0. The molecule has 0 unspecified atom stereocenters. The van der Waals surface area contributed by atoms with E-state index in [9.17, 15) is 0 Å². The second kappa shape index (κ2) is 13.6. The Bertz CT molecular complexity index is 215. The first-order valence-electron chi connectivity index (χ1n) is 1.60. The van der Waals surface area contributed by atoms with E-state index < -0.39 is 20.8 Å². The smallest absolute Gasteiger partial charge is 1.00 e. The van der Waals surface area contributed by atoms with Gasteiger partial charge in [0, 0.05) is 0 Å². The summed E-state index contributed by atoms with van der Waals surface area (Å²) < 4.78 is 63.2. The van der Waals surface area contributed by atoms with E-state index in [1.807, 2.05) is 0 Å². The zero-order valence-corrected chi connectivity index (χ0v) is 10.3. The molecule has 0 bridgehead atoms. The molecule has 0 rings (SSSR count). The van der Waals surface area contributed by atoms with Crippen molar-refractivity contribution in [3.63, 3.8) is 0 Å². The van der Waals surface area contributed by atoms with Gasteiger partial charge in [-0.15, -0.1) is 0 Å². The summed E-state index contributed by atoms with van der Waals surface area (Å²) in [4.78, 5) is 0. The molecule has 0 spiro atoms. The standard InChI is InChI=1S/Na.2H2O4S.H2O2.H2O.H/c;2*1-5(2,3)4;1-2;;/h;2*(H2,1,2,3,4);1-2H;1H2;/q+1;;;;;-1. The van der Waals surface area contributed by atoms with Crippen LogP contribution in [0.25, 0.3) is 0 Å². The topological polar surface area (TPSA) is 221 Å². The Morgan fingerprint density at radius 2 is 0.714 bits per heavy atom. The minimum atomic E-state index is -4.67. The first-order valence-corrected chi connectivity index (χ1v) is 4.39.